The molecule has 2 rings (SSSR count). The molecular formula is C10H11BrN4. The highest BCUT2D eigenvalue weighted by Gasteiger charge is 2.10. The number of hydrogen-bond donors (Lipinski definition) is 0. The van der Waals surface area contributed by atoms with E-state index in [1.165, 1.54) is 0 Å². The van der Waals surface area contributed by atoms with Crippen LogP contribution >= 0.6 is 15.9 Å². The molecule has 0 N–H and O–H groups in total. The molecule has 0 amide bonds. The van der Waals surface area contributed by atoms with Crippen molar-refractivity contribution in [3.05, 3.63) is 29.1 Å². The fourth-order valence-electron chi connectivity index (χ4n) is 1.31. The number of halogens is 1. The van der Waals surface area contributed by atoms with Crippen molar-refractivity contribution >= 4 is 15.9 Å². The molecule has 78 valence electrons. The van der Waals surface area contributed by atoms with E-state index in [4.69, 9.17) is 0 Å². The number of pyridine rings is 1. The molecule has 2 aromatic rings. The molecule has 0 bridgehead atoms. The van der Waals surface area contributed by atoms with Crippen molar-refractivity contribution in [1.82, 2.24) is 19.7 Å². The lowest BCUT2D eigenvalue weighted by Crippen LogP contribution is -2.02. The van der Waals surface area contributed by atoms with Crippen LogP contribution < -0.4 is 0 Å². The molecule has 5 heteroatoms. The Morgan fingerprint density at radius 3 is 2.73 bits per heavy atom. The molecule has 0 unspecified atom stereocenters. The van der Waals surface area contributed by atoms with Gasteiger partial charge in [0.25, 0.3) is 0 Å². The third-order valence-electron chi connectivity index (χ3n) is 2.09. The summed E-state index contributed by atoms with van der Waals surface area (Å²) in [5.74, 6) is 0.803. The first-order chi connectivity index (χ1) is 7.18. The van der Waals surface area contributed by atoms with E-state index in [1.807, 2.05) is 16.7 Å². The highest BCUT2D eigenvalue weighted by atomic mass is 79.9. The highest BCUT2D eigenvalue weighted by molar-refractivity contribution is 9.10. The van der Waals surface area contributed by atoms with Crippen LogP contribution in [0.5, 0.6) is 0 Å². The minimum Gasteiger partial charge on any atom is -0.310 e. The molecule has 0 saturated heterocycles. The lowest BCUT2D eigenvalue weighted by molar-refractivity contribution is 0.603. The summed E-state index contributed by atoms with van der Waals surface area (Å²) >= 11 is 3.35. The van der Waals surface area contributed by atoms with E-state index in [2.05, 4.69) is 45.0 Å². The minimum atomic E-state index is 0.334. The summed E-state index contributed by atoms with van der Waals surface area (Å²) in [6.45, 7) is 4.18. The first-order valence-electron chi connectivity index (χ1n) is 4.70. The molecule has 0 saturated carbocycles. The Balaban J connectivity index is 2.45. The van der Waals surface area contributed by atoms with Gasteiger partial charge in [0.2, 0.25) is 0 Å². The molecule has 0 aromatic carbocycles. The van der Waals surface area contributed by atoms with Crippen LogP contribution in [0.1, 0.15) is 19.9 Å². The van der Waals surface area contributed by atoms with Crippen LogP contribution in [0.4, 0.5) is 0 Å². The van der Waals surface area contributed by atoms with Crippen LogP contribution in [0.15, 0.2) is 29.1 Å². The van der Waals surface area contributed by atoms with E-state index < -0.39 is 0 Å². The average molecular weight is 267 g/mol. The molecule has 0 spiro atoms. The molecule has 0 aliphatic heterocycles. The van der Waals surface area contributed by atoms with Crippen molar-refractivity contribution in [1.29, 1.82) is 0 Å². The molecule has 0 atom stereocenters. The van der Waals surface area contributed by atoms with Crippen molar-refractivity contribution in [2.45, 2.75) is 19.9 Å². The third kappa shape index (κ3) is 2.07. The van der Waals surface area contributed by atoms with Gasteiger partial charge >= 0.3 is 0 Å². The Hall–Kier alpha value is -1.23. The zero-order valence-corrected chi connectivity index (χ0v) is 10.1. The highest BCUT2D eigenvalue weighted by Crippen LogP contribution is 2.19. The normalized spacial score (nSPS) is 10.9. The lowest BCUT2D eigenvalue weighted by atomic mass is 10.3. The molecule has 4 nitrogen and oxygen atoms in total. The number of nitrogens with zero attached hydrogens (tertiary/aromatic N) is 4. The first-order valence-corrected chi connectivity index (χ1v) is 5.49. The van der Waals surface area contributed by atoms with E-state index in [9.17, 15) is 0 Å². The van der Waals surface area contributed by atoms with E-state index >= 15 is 0 Å². The summed E-state index contributed by atoms with van der Waals surface area (Å²) in [5, 5.41) is 7.98. The van der Waals surface area contributed by atoms with Crippen molar-refractivity contribution in [3.8, 4) is 11.5 Å². The van der Waals surface area contributed by atoms with Gasteiger partial charge < -0.3 is 4.57 Å². The summed E-state index contributed by atoms with van der Waals surface area (Å²) < 4.78 is 2.96. The zero-order valence-electron chi connectivity index (χ0n) is 8.55. The van der Waals surface area contributed by atoms with E-state index in [-0.39, 0.29) is 0 Å². The number of rotatable bonds is 2. The number of aromatic nitrogens is 4. The van der Waals surface area contributed by atoms with E-state index in [1.54, 1.807) is 12.5 Å². The van der Waals surface area contributed by atoms with Gasteiger partial charge in [0, 0.05) is 16.7 Å². The third-order valence-corrected chi connectivity index (χ3v) is 2.55. The van der Waals surface area contributed by atoms with Crippen molar-refractivity contribution in [3.63, 3.8) is 0 Å². The van der Waals surface area contributed by atoms with E-state index in [0.29, 0.717) is 6.04 Å². The standard InChI is InChI=1S/C10H11BrN4/c1-7(2)15-6-13-14-10(15)9-4-3-8(11)5-12-9/h3-7H,1-2H3. The molecule has 2 aromatic heterocycles. The molecule has 2 heterocycles. The van der Waals surface area contributed by atoms with Gasteiger partial charge in [-0.2, -0.15) is 0 Å². The monoisotopic (exact) mass is 266 g/mol. The van der Waals surface area contributed by atoms with Gasteiger partial charge in [0.1, 0.15) is 12.0 Å². The van der Waals surface area contributed by atoms with Crippen LogP contribution in [0.2, 0.25) is 0 Å². The lowest BCUT2D eigenvalue weighted by Gasteiger charge is -2.08. The van der Waals surface area contributed by atoms with Crippen LogP contribution in [0.25, 0.3) is 11.5 Å². The molecular weight excluding hydrogens is 256 g/mol. The zero-order chi connectivity index (χ0) is 10.8. The van der Waals surface area contributed by atoms with Gasteiger partial charge in [0.05, 0.1) is 0 Å². The predicted molar refractivity (Wildman–Crippen MR) is 61.3 cm³/mol. The summed E-state index contributed by atoms with van der Waals surface area (Å²) in [6, 6.07) is 4.20. The molecule has 15 heavy (non-hydrogen) atoms. The summed E-state index contributed by atoms with van der Waals surface area (Å²) in [6.07, 6.45) is 3.48. The molecule has 0 radical (unpaired) electrons. The van der Waals surface area contributed by atoms with Gasteiger partial charge in [-0.3, -0.25) is 4.98 Å². The predicted octanol–water partition coefficient (Wildman–Crippen LogP) is 2.68. The summed E-state index contributed by atoms with van der Waals surface area (Å²) in [4.78, 5) is 4.29. The van der Waals surface area contributed by atoms with Gasteiger partial charge in [-0.1, -0.05) is 0 Å². The quantitative estimate of drug-likeness (QED) is 0.840. The SMILES string of the molecule is CC(C)n1cnnc1-c1ccc(Br)cn1. The summed E-state index contributed by atoms with van der Waals surface area (Å²) in [7, 11) is 0. The second-order valence-electron chi connectivity index (χ2n) is 3.52. The Kier molecular flexibility index (Phi) is 2.81. The fourth-order valence-corrected chi connectivity index (χ4v) is 1.55. The van der Waals surface area contributed by atoms with Gasteiger partial charge in [0.15, 0.2) is 5.82 Å². The van der Waals surface area contributed by atoms with Gasteiger partial charge in [-0.05, 0) is 41.9 Å². The average Bonchev–Trinajstić information content (AvgIpc) is 2.67. The Labute approximate surface area is 96.5 Å². The van der Waals surface area contributed by atoms with Crippen molar-refractivity contribution < 1.29 is 0 Å². The maximum atomic E-state index is 4.29. The smallest absolute Gasteiger partial charge is 0.182 e. The molecule has 0 fully saturated rings. The van der Waals surface area contributed by atoms with Gasteiger partial charge in [-0.25, -0.2) is 0 Å². The van der Waals surface area contributed by atoms with Crippen molar-refractivity contribution in [2.75, 3.05) is 0 Å². The van der Waals surface area contributed by atoms with Crippen LogP contribution in [0, 0.1) is 0 Å². The molecule has 0 aliphatic carbocycles. The Bertz CT molecular complexity index is 447. The van der Waals surface area contributed by atoms with Crippen molar-refractivity contribution in [2.24, 2.45) is 0 Å². The number of hydrogen-bond acceptors (Lipinski definition) is 3. The van der Waals surface area contributed by atoms with Crippen LogP contribution in [0.3, 0.4) is 0 Å². The maximum Gasteiger partial charge on any atom is 0.182 e. The second-order valence-corrected chi connectivity index (χ2v) is 4.43. The fraction of sp³-hybridized carbons (Fsp3) is 0.300. The Morgan fingerprint density at radius 2 is 2.13 bits per heavy atom. The maximum absolute atomic E-state index is 4.29. The largest absolute Gasteiger partial charge is 0.310 e. The van der Waals surface area contributed by atoms with Crippen LogP contribution in [-0.4, -0.2) is 19.7 Å². The van der Waals surface area contributed by atoms with E-state index in [0.717, 1.165) is 16.0 Å². The van der Waals surface area contributed by atoms with Crippen LogP contribution in [-0.2, 0) is 0 Å². The Morgan fingerprint density at radius 1 is 1.33 bits per heavy atom. The van der Waals surface area contributed by atoms with Gasteiger partial charge in [-0.15, -0.1) is 10.2 Å². The second kappa shape index (κ2) is 4.10. The summed E-state index contributed by atoms with van der Waals surface area (Å²) in [5.41, 5.74) is 0.837. The minimum absolute atomic E-state index is 0.334. The topological polar surface area (TPSA) is 43.6 Å². The molecule has 0 aliphatic rings. The first kappa shape index (κ1) is 10.3.